The molecule has 0 aliphatic heterocycles. The lowest BCUT2D eigenvalue weighted by atomic mass is 10.1. The number of hydrogen-bond donors (Lipinski definition) is 2. The lowest BCUT2D eigenvalue weighted by Crippen LogP contribution is -2.21. The molecule has 0 saturated carbocycles. The molecule has 0 radical (unpaired) electrons. The molecule has 1 rings (SSSR count). The molecule has 3 nitrogen and oxygen atoms in total. The van der Waals surface area contributed by atoms with Crippen LogP contribution < -0.4 is 10.6 Å². The van der Waals surface area contributed by atoms with E-state index < -0.39 is 0 Å². The summed E-state index contributed by atoms with van der Waals surface area (Å²) < 4.78 is 0. The van der Waals surface area contributed by atoms with Crippen molar-refractivity contribution >= 4 is 11.6 Å². The van der Waals surface area contributed by atoms with Crippen LogP contribution in [0, 0.1) is 12.8 Å². The van der Waals surface area contributed by atoms with Crippen LogP contribution in [-0.2, 0) is 0 Å². The predicted molar refractivity (Wildman–Crippen MR) is 76.8 cm³/mol. The maximum Gasteiger partial charge on any atom is 0.255 e. The third kappa shape index (κ3) is 4.62. The Kier molecular flexibility index (Phi) is 4.95. The molecule has 98 valence electrons. The van der Waals surface area contributed by atoms with Gasteiger partial charge in [0.1, 0.15) is 0 Å². The first-order valence-corrected chi connectivity index (χ1v) is 6.21. The molecule has 0 unspecified atom stereocenters. The van der Waals surface area contributed by atoms with E-state index in [-0.39, 0.29) is 5.91 Å². The zero-order chi connectivity index (χ0) is 13.7. The summed E-state index contributed by atoms with van der Waals surface area (Å²) >= 11 is 0. The van der Waals surface area contributed by atoms with Gasteiger partial charge in [0.25, 0.3) is 5.91 Å². The van der Waals surface area contributed by atoms with E-state index in [0.29, 0.717) is 17.2 Å². The summed E-state index contributed by atoms with van der Waals surface area (Å²) in [5.74, 6) is 0.456. The third-order valence-corrected chi connectivity index (χ3v) is 2.38. The van der Waals surface area contributed by atoms with E-state index >= 15 is 0 Å². The SMILES string of the molecule is C=C(C)NC(=O)c1cc(C)cc(NCC(C)C)c1. The zero-order valence-electron chi connectivity index (χ0n) is 11.6. The number of carbonyl (C=O) groups is 1. The van der Waals surface area contributed by atoms with Gasteiger partial charge in [-0.3, -0.25) is 4.79 Å². The Balaban J connectivity index is 2.86. The number of benzene rings is 1. The molecule has 0 saturated heterocycles. The van der Waals surface area contributed by atoms with Gasteiger partial charge in [-0.05, 0) is 43.5 Å². The Hall–Kier alpha value is -1.77. The predicted octanol–water partition coefficient (Wildman–Crippen LogP) is 3.33. The lowest BCUT2D eigenvalue weighted by Gasteiger charge is -2.12. The molecule has 0 atom stereocenters. The van der Waals surface area contributed by atoms with Gasteiger partial charge in [0.2, 0.25) is 0 Å². The van der Waals surface area contributed by atoms with Crippen LogP contribution in [0.3, 0.4) is 0 Å². The molecular formula is C15H22N2O. The van der Waals surface area contributed by atoms with Crippen LogP contribution in [0.25, 0.3) is 0 Å². The number of amides is 1. The number of nitrogens with one attached hydrogen (secondary N) is 2. The van der Waals surface area contributed by atoms with Crippen molar-refractivity contribution in [3.63, 3.8) is 0 Å². The fraction of sp³-hybridized carbons (Fsp3) is 0.400. The summed E-state index contributed by atoms with van der Waals surface area (Å²) in [5, 5.41) is 6.05. The van der Waals surface area contributed by atoms with E-state index in [9.17, 15) is 4.79 Å². The van der Waals surface area contributed by atoms with Gasteiger partial charge in [-0.1, -0.05) is 20.4 Å². The Labute approximate surface area is 109 Å². The summed E-state index contributed by atoms with van der Waals surface area (Å²) in [6, 6.07) is 5.78. The van der Waals surface area contributed by atoms with E-state index in [0.717, 1.165) is 17.8 Å². The van der Waals surface area contributed by atoms with Crippen molar-refractivity contribution in [1.82, 2.24) is 5.32 Å². The second-order valence-electron chi connectivity index (χ2n) is 5.10. The van der Waals surface area contributed by atoms with E-state index in [2.05, 4.69) is 31.1 Å². The van der Waals surface area contributed by atoms with Gasteiger partial charge in [-0.2, -0.15) is 0 Å². The monoisotopic (exact) mass is 246 g/mol. The van der Waals surface area contributed by atoms with Crippen LogP contribution >= 0.6 is 0 Å². The first-order chi connectivity index (χ1) is 8.38. The van der Waals surface area contributed by atoms with Crippen LogP contribution in [0.5, 0.6) is 0 Å². The Morgan fingerprint density at radius 1 is 1.33 bits per heavy atom. The molecule has 0 fully saturated rings. The van der Waals surface area contributed by atoms with E-state index in [1.807, 2.05) is 25.1 Å². The van der Waals surface area contributed by atoms with E-state index in [4.69, 9.17) is 0 Å². The Bertz CT molecular complexity index is 450. The molecule has 1 aromatic rings. The highest BCUT2D eigenvalue weighted by Crippen LogP contribution is 2.15. The highest BCUT2D eigenvalue weighted by Gasteiger charge is 2.07. The second kappa shape index (κ2) is 6.24. The van der Waals surface area contributed by atoms with Crippen molar-refractivity contribution in [2.75, 3.05) is 11.9 Å². The molecule has 18 heavy (non-hydrogen) atoms. The van der Waals surface area contributed by atoms with Gasteiger partial charge in [-0.15, -0.1) is 0 Å². The minimum atomic E-state index is -0.112. The minimum Gasteiger partial charge on any atom is -0.385 e. The molecule has 0 aliphatic rings. The van der Waals surface area contributed by atoms with Gasteiger partial charge >= 0.3 is 0 Å². The topological polar surface area (TPSA) is 41.1 Å². The van der Waals surface area contributed by atoms with Crippen LogP contribution in [0.1, 0.15) is 36.7 Å². The highest BCUT2D eigenvalue weighted by molar-refractivity contribution is 5.96. The van der Waals surface area contributed by atoms with E-state index in [1.54, 1.807) is 6.92 Å². The maximum atomic E-state index is 11.9. The number of carbonyl (C=O) groups excluding carboxylic acids is 1. The van der Waals surface area contributed by atoms with Gasteiger partial charge < -0.3 is 10.6 Å². The van der Waals surface area contributed by atoms with Crippen LogP contribution in [0.2, 0.25) is 0 Å². The standard InChI is InChI=1S/C15H22N2O/c1-10(2)9-16-14-7-12(5)6-13(8-14)15(18)17-11(3)4/h6-8,10,16H,3,9H2,1-2,4-5H3,(H,17,18). The van der Waals surface area contributed by atoms with Gasteiger partial charge in [0.15, 0.2) is 0 Å². The first-order valence-electron chi connectivity index (χ1n) is 6.21. The maximum absolute atomic E-state index is 11.9. The molecule has 0 aliphatic carbocycles. The molecule has 0 heterocycles. The number of aryl methyl sites for hydroxylation is 1. The molecule has 3 heteroatoms. The molecular weight excluding hydrogens is 224 g/mol. The van der Waals surface area contributed by atoms with Crippen LogP contribution in [0.15, 0.2) is 30.5 Å². The highest BCUT2D eigenvalue weighted by atomic mass is 16.1. The number of anilines is 1. The Morgan fingerprint density at radius 3 is 2.56 bits per heavy atom. The Morgan fingerprint density at radius 2 is 2.00 bits per heavy atom. The number of hydrogen-bond acceptors (Lipinski definition) is 2. The van der Waals surface area contributed by atoms with Gasteiger partial charge in [0.05, 0.1) is 0 Å². The average molecular weight is 246 g/mol. The fourth-order valence-corrected chi connectivity index (χ4v) is 1.60. The lowest BCUT2D eigenvalue weighted by molar-refractivity contribution is 0.0966. The quantitative estimate of drug-likeness (QED) is 0.836. The third-order valence-electron chi connectivity index (χ3n) is 2.38. The van der Waals surface area contributed by atoms with Crippen molar-refractivity contribution in [3.05, 3.63) is 41.6 Å². The minimum absolute atomic E-state index is 0.112. The number of rotatable bonds is 5. The van der Waals surface area contributed by atoms with Crippen molar-refractivity contribution < 1.29 is 4.79 Å². The molecule has 2 N–H and O–H groups in total. The molecule has 0 bridgehead atoms. The van der Waals surface area contributed by atoms with Crippen LogP contribution in [0.4, 0.5) is 5.69 Å². The van der Waals surface area contributed by atoms with Gasteiger partial charge in [-0.25, -0.2) is 0 Å². The molecule has 1 amide bonds. The number of allylic oxidation sites excluding steroid dienone is 1. The molecule has 0 spiro atoms. The van der Waals surface area contributed by atoms with Gasteiger partial charge in [0, 0.05) is 23.5 Å². The van der Waals surface area contributed by atoms with Crippen LogP contribution in [-0.4, -0.2) is 12.5 Å². The van der Waals surface area contributed by atoms with Crippen molar-refractivity contribution in [3.8, 4) is 0 Å². The normalized spacial score (nSPS) is 10.3. The molecule has 1 aromatic carbocycles. The summed E-state index contributed by atoms with van der Waals surface area (Å²) in [7, 11) is 0. The summed E-state index contributed by atoms with van der Waals surface area (Å²) in [6.07, 6.45) is 0. The van der Waals surface area contributed by atoms with Crippen molar-refractivity contribution in [2.24, 2.45) is 5.92 Å². The summed E-state index contributed by atoms with van der Waals surface area (Å²) in [6.45, 7) is 12.6. The smallest absolute Gasteiger partial charge is 0.255 e. The largest absolute Gasteiger partial charge is 0.385 e. The zero-order valence-corrected chi connectivity index (χ0v) is 11.6. The summed E-state index contributed by atoms with van der Waals surface area (Å²) in [5.41, 5.74) is 3.36. The van der Waals surface area contributed by atoms with E-state index in [1.165, 1.54) is 0 Å². The second-order valence-corrected chi connectivity index (χ2v) is 5.10. The van der Waals surface area contributed by atoms with Crippen molar-refractivity contribution in [2.45, 2.75) is 27.7 Å². The van der Waals surface area contributed by atoms with Crippen molar-refractivity contribution in [1.29, 1.82) is 0 Å². The fourth-order valence-electron chi connectivity index (χ4n) is 1.60. The first kappa shape index (κ1) is 14.3. The molecule has 0 aromatic heterocycles. The summed E-state index contributed by atoms with van der Waals surface area (Å²) in [4.78, 5) is 11.9. The average Bonchev–Trinajstić information content (AvgIpc) is 2.24.